The summed E-state index contributed by atoms with van der Waals surface area (Å²) >= 11 is 4.96. The molecular formula is C36H28BrFN2O4S. The number of aryl methyl sites for hydroxylation is 1. The highest BCUT2D eigenvalue weighted by atomic mass is 79.9. The van der Waals surface area contributed by atoms with Crippen molar-refractivity contribution >= 4 is 39.0 Å². The molecule has 45 heavy (non-hydrogen) atoms. The Labute approximate surface area is 271 Å². The molecule has 2 aliphatic rings. The number of allylic oxidation sites excluding steroid dienone is 1. The molecule has 1 atom stereocenters. The molecule has 5 aromatic rings. The molecule has 7 rings (SSSR count). The Balaban J connectivity index is 1.33. The summed E-state index contributed by atoms with van der Waals surface area (Å²) in [6.45, 7) is 0.0404. The van der Waals surface area contributed by atoms with Crippen LogP contribution in [-0.2, 0) is 13.0 Å². The normalized spacial score (nSPS) is 15.6. The SMILES string of the molecule is COc1ccc([C@H]2C3=C(N=c4s/c(=C\c5cc(Br)c(OCc6ccccc6F)c(OC)c5)c(=O)n42)c2ccccc2CC3)cc1. The van der Waals surface area contributed by atoms with Crippen molar-refractivity contribution in [3.8, 4) is 17.2 Å². The van der Waals surface area contributed by atoms with Gasteiger partial charge in [0, 0.05) is 11.1 Å². The molecule has 2 heterocycles. The largest absolute Gasteiger partial charge is 0.497 e. The third-order valence-corrected chi connectivity index (χ3v) is 9.76. The van der Waals surface area contributed by atoms with Crippen molar-refractivity contribution in [2.45, 2.75) is 25.5 Å². The standard InChI is InChI=1S/C36H28BrFN2O4S/c1-42-25-14-11-23(12-15-25)33-27-16-13-22-7-3-5-9-26(22)32(27)39-36-40(33)35(41)31(45-36)19-21-17-28(37)34(30(18-21)43-2)44-20-24-8-4-6-10-29(24)38/h3-12,14-15,17-19,33H,13,16,20H2,1-2H3/b31-19-/t33-/m0/s1. The predicted molar refractivity (Wildman–Crippen MR) is 177 cm³/mol. The Morgan fingerprint density at radius 2 is 1.78 bits per heavy atom. The maximum Gasteiger partial charge on any atom is 0.271 e. The summed E-state index contributed by atoms with van der Waals surface area (Å²) in [5.41, 5.74) is 6.55. The first-order chi connectivity index (χ1) is 21.9. The number of thiazole rings is 1. The van der Waals surface area contributed by atoms with E-state index in [0.29, 0.717) is 30.9 Å². The maximum absolute atomic E-state index is 14.2. The van der Waals surface area contributed by atoms with E-state index in [2.05, 4.69) is 34.1 Å². The third-order valence-electron chi connectivity index (χ3n) is 8.18. The Kier molecular flexibility index (Phi) is 7.89. The molecule has 0 amide bonds. The summed E-state index contributed by atoms with van der Waals surface area (Å²) in [4.78, 5) is 19.9. The van der Waals surface area contributed by atoms with E-state index in [1.165, 1.54) is 23.0 Å². The summed E-state index contributed by atoms with van der Waals surface area (Å²) in [6, 6.07) is 26.2. The number of nitrogens with zero attached hydrogens (tertiary/aromatic N) is 2. The molecule has 1 aliphatic heterocycles. The highest BCUT2D eigenvalue weighted by Gasteiger charge is 2.32. The minimum Gasteiger partial charge on any atom is -0.497 e. The van der Waals surface area contributed by atoms with Gasteiger partial charge in [0.05, 0.1) is 35.0 Å². The molecule has 6 nitrogen and oxygen atoms in total. The number of fused-ring (bicyclic) bond motifs is 3. The minimum atomic E-state index is -0.335. The molecule has 1 aliphatic carbocycles. The summed E-state index contributed by atoms with van der Waals surface area (Å²) in [5.74, 6) is 1.33. The summed E-state index contributed by atoms with van der Waals surface area (Å²) < 4.78 is 34.2. The highest BCUT2D eigenvalue weighted by Crippen LogP contribution is 2.42. The Hall–Kier alpha value is -4.47. The fraction of sp³-hybridized carbons (Fsp3) is 0.167. The van der Waals surface area contributed by atoms with Gasteiger partial charge in [-0.15, -0.1) is 0 Å². The van der Waals surface area contributed by atoms with Gasteiger partial charge in [-0.1, -0.05) is 65.9 Å². The number of rotatable bonds is 7. The summed E-state index contributed by atoms with van der Waals surface area (Å²) in [5, 5.41) is 0. The fourth-order valence-electron chi connectivity index (χ4n) is 5.99. The van der Waals surface area contributed by atoms with Crippen molar-refractivity contribution in [1.29, 1.82) is 0 Å². The van der Waals surface area contributed by atoms with Crippen molar-refractivity contribution in [2.24, 2.45) is 4.99 Å². The van der Waals surface area contributed by atoms with Crippen molar-refractivity contribution < 1.29 is 18.6 Å². The van der Waals surface area contributed by atoms with Gasteiger partial charge in [-0.3, -0.25) is 9.36 Å². The van der Waals surface area contributed by atoms with E-state index in [1.807, 2.05) is 53.1 Å². The average molecular weight is 684 g/mol. The Morgan fingerprint density at radius 3 is 2.56 bits per heavy atom. The van der Waals surface area contributed by atoms with E-state index in [0.717, 1.165) is 46.6 Å². The van der Waals surface area contributed by atoms with Gasteiger partial charge >= 0.3 is 0 Å². The number of benzene rings is 4. The second kappa shape index (κ2) is 12.1. The molecule has 0 saturated carbocycles. The second-order valence-electron chi connectivity index (χ2n) is 10.8. The van der Waals surface area contributed by atoms with Gasteiger partial charge in [0.15, 0.2) is 16.3 Å². The molecular weight excluding hydrogens is 655 g/mol. The van der Waals surface area contributed by atoms with E-state index in [1.54, 1.807) is 32.4 Å². The van der Waals surface area contributed by atoms with Gasteiger partial charge < -0.3 is 14.2 Å². The average Bonchev–Trinajstić information content (AvgIpc) is 3.37. The first-order valence-corrected chi connectivity index (χ1v) is 16.1. The van der Waals surface area contributed by atoms with Crippen LogP contribution < -0.4 is 29.1 Å². The van der Waals surface area contributed by atoms with Crippen molar-refractivity contribution in [3.63, 3.8) is 0 Å². The maximum atomic E-state index is 14.2. The molecule has 226 valence electrons. The zero-order valence-electron chi connectivity index (χ0n) is 24.6. The van der Waals surface area contributed by atoms with Gasteiger partial charge in [-0.2, -0.15) is 0 Å². The molecule has 0 bridgehead atoms. The van der Waals surface area contributed by atoms with Crippen LogP contribution in [0.2, 0.25) is 0 Å². The van der Waals surface area contributed by atoms with Gasteiger partial charge in [0.25, 0.3) is 5.56 Å². The van der Waals surface area contributed by atoms with Gasteiger partial charge in [0.2, 0.25) is 0 Å². The van der Waals surface area contributed by atoms with Crippen LogP contribution in [0.3, 0.4) is 0 Å². The van der Waals surface area contributed by atoms with Crippen LogP contribution >= 0.6 is 27.3 Å². The Bertz CT molecular complexity index is 2150. The number of methoxy groups -OCH3 is 2. The lowest BCUT2D eigenvalue weighted by molar-refractivity contribution is 0.278. The molecule has 0 radical (unpaired) electrons. The zero-order chi connectivity index (χ0) is 31.1. The van der Waals surface area contributed by atoms with E-state index >= 15 is 0 Å². The first-order valence-electron chi connectivity index (χ1n) is 14.5. The number of aromatic nitrogens is 1. The molecule has 0 saturated heterocycles. The first kappa shape index (κ1) is 29.3. The lowest BCUT2D eigenvalue weighted by Crippen LogP contribution is -2.38. The number of hydrogen-bond donors (Lipinski definition) is 0. The van der Waals surface area contributed by atoms with Crippen LogP contribution in [0, 0.1) is 5.82 Å². The zero-order valence-corrected chi connectivity index (χ0v) is 27.0. The quantitative estimate of drug-likeness (QED) is 0.189. The van der Waals surface area contributed by atoms with E-state index < -0.39 is 0 Å². The molecule has 9 heteroatoms. The van der Waals surface area contributed by atoms with E-state index in [9.17, 15) is 9.18 Å². The number of halogens is 2. The summed E-state index contributed by atoms with van der Waals surface area (Å²) in [6.07, 6.45) is 3.55. The second-order valence-corrected chi connectivity index (χ2v) is 12.7. The van der Waals surface area contributed by atoms with Crippen molar-refractivity contribution in [3.05, 3.63) is 148 Å². The van der Waals surface area contributed by atoms with Crippen LogP contribution in [0.25, 0.3) is 11.8 Å². The molecule has 0 spiro atoms. The van der Waals surface area contributed by atoms with E-state index in [4.69, 9.17) is 19.2 Å². The molecule has 1 aromatic heterocycles. The van der Waals surface area contributed by atoms with Crippen LogP contribution in [0.5, 0.6) is 17.2 Å². The van der Waals surface area contributed by atoms with E-state index in [-0.39, 0.29) is 24.0 Å². The van der Waals surface area contributed by atoms with Crippen LogP contribution in [-0.4, -0.2) is 18.8 Å². The monoisotopic (exact) mass is 682 g/mol. The van der Waals surface area contributed by atoms with Gasteiger partial charge in [-0.05, 0) is 87.4 Å². The topological polar surface area (TPSA) is 62.0 Å². The lowest BCUT2D eigenvalue weighted by atomic mass is 9.83. The van der Waals surface area contributed by atoms with Gasteiger partial charge in [0.1, 0.15) is 18.2 Å². The van der Waals surface area contributed by atoms with Gasteiger partial charge in [-0.25, -0.2) is 9.38 Å². The minimum absolute atomic E-state index is 0.0404. The fourth-order valence-corrected chi connectivity index (χ4v) is 7.56. The van der Waals surface area contributed by atoms with Crippen LogP contribution in [0.4, 0.5) is 4.39 Å². The smallest absolute Gasteiger partial charge is 0.271 e. The van der Waals surface area contributed by atoms with Crippen LogP contribution in [0.1, 0.15) is 40.3 Å². The lowest BCUT2D eigenvalue weighted by Gasteiger charge is -2.30. The molecule has 0 unspecified atom stereocenters. The van der Waals surface area contributed by atoms with Crippen molar-refractivity contribution in [2.75, 3.05) is 14.2 Å². The predicted octanol–water partition coefficient (Wildman–Crippen LogP) is 6.82. The molecule has 0 N–H and O–H groups in total. The summed E-state index contributed by atoms with van der Waals surface area (Å²) in [7, 11) is 3.19. The molecule has 4 aromatic carbocycles. The number of ether oxygens (including phenoxy) is 3. The third kappa shape index (κ3) is 5.40. The Morgan fingerprint density at radius 1 is 1.00 bits per heavy atom. The molecule has 0 fully saturated rings. The van der Waals surface area contributed by atoms with Crippen molar-refractivity contribution in [1.82, 2.24) is 4.57 Å². The number of hydrogen-bond acceptors (Lipinski definition) is 6. The highest BCUT2D eigenvalue weighted by molar-refractivity contribution is 9.10. The van der Waals surface area contributed by atoms with Crippen LogP contribution in [0.15, 0.2) is 105 Å².